The molecule has 0 unspecified atom stereocenters. The van der Waals surface area contributed by atoms with Crippen molar-refractivity contribution in [1.82, 2.24) is 15.2 Å². The second kappa shape index (κ2) is 5.18. The van der Waals surface area contributed by atoms with E-state index in [0.717, 1.165) is 5.69 Å². The molecule has 0 saturated heterocycles. The van der Waals surface area contributed by atoms with Gasteiger partial charge in [0.1, 0.15) is 11.0 Å². The highest BCUT2D eigenvalue weighted by Crippen LogP contribution is 2.23. The SMILES string of the molecule is CC(C)(C)c1cc(NS(=O)(=O)c2cccnc2C#N)n[nH]1. The largest absolute Gasteiger partial charge is 0.280 e. The number of H-pyrrole nitrogens is 1. The number of aromatic nitrogens is 3. The smallest absolute Gasteiger partial charge is 0.265 e. The Labute approximate surface area is 123 Å². The average molecular weight is 305 g/mol. The minimum atomic E-state index is -3.91. The van der Waals surface area contributed by atoms with E-state index < -0.39 is 10.0 Å². The number of nitriles is 1. The summed E-state index contributed by atoms with van der Waals surface area (Å²) in [6.07, 6.45) is 1.36. The van der Waals surface area contributed by atoms with Crippen LogP contribution in [-0.4, -0.2) is 23.6 Å². The normalized spacial score (nSPS) is 11.9. The first-order valence-corrected chi connectivity index (χ1v) is 7.66. The van der Waals surface area contributed by atoms with E-state index in [2.05, 4.69) is 19.9 Å². The van der Waals surface area contributed by atoms with Crippen LogP contribution in [0.3, 0.4) is 0 Å². The molecule has 0 saturated carbocycles. The maximum Gasteiger partial charge on any atom is 0.265 e. The first-order chi connectivity index (χ1) is 9.74. The highest BCUT2D eigenvalue weighted by Gasteiger charge is 2.22. The van der Waals surface area contributed by atoms with Gasteiger partial charge in [0.2, 0.25) is 0 Å². The molecule has 0 aliphatic heterocycles. The summed E-state index contributed by atoms with van der Waals surface area (Å²) in [5.74, 6) is 0.174. The number of nitrogens with one attached hydrogen (secondary N) is 2. The molecule has 7 nitrogen and oxygen atoms in total. The third-order valence-corrected chi connectivity index (χ3v) is 4.18. The molecule has 0 radical (unpaired) electrons. The first kappa shape index (κ1) is 15.0. The number of aromatic amines is 1. The Balaban J connectivity index is 2.34. The van der Waals surface area contributed by atoms with Crippen LogP contribution >= 0.6 is 0 Å². The molecule has 0 amide bonds. The van der Waals surface area contributed by atoms with Crippen LogP contribution in [0.2, 0.25) is 0 Å². The molecule has 0 bridgehead atoms. The molecule has 0 atom stereocenters. The third-order valence-electron chi connectivity index (χ3n) is 2.79. The van der Waals surface area contributed by atoms with E-state index in [4.69, 9.17) is 5.26 Å². The van der Waals surface area contributed by atoms with Crippen molar-refractivity contribution in [3.8, 4) is 6.07 Å². The van der Waals surface area contributed by atoms with Gasteiger partial charge in [-0.3, -0.25) is 9.82 Å². The van der Waals surface area contributed by atoms with Gasteiger partial charge < -0.3 is 0 Å². The molecule has 0 aliphatic rings. The molecule has 21 heavy (non-hydrogen) atoms. The molecular weight excluding hydrogens is 290 g/mol. The van der Waals surface area contributed by atoms with Gasteiger partial charge in [0.25, 0.3) is 10.0 Å². The van der Waals surface area contributed by atoms with E-state index in [9.17, 15) is 8.42 Å². The quantitative estimate of drug-likeness (QED) is 0.897. The maximum absolute atomic E-state index is 12.3. The molecular formula is C13H15N5O2S. The van der Waals surface area contributed by atoms with E-state index in [1.807, 2.05) is 20.8 Å². The van der Waals surface area contributed by atoms with Gasteiger partial charge in [-0.25, -0.2) is 13.4 Å². The Morgan fingerprint density at radius 3 is 2.67 bits per heavy atom. The number of hydrogen-bond acceptors (Lipinski definition) is 5. The van der Waals surface area contributed by atoms with Crippen LogP contribution in [0, 0.1) is 11.3 Å². The molecule has 2 N–H and O–H groups in total. The van der Waals surface area contributed by atoms with Crippen molar-refractivity contribution < 1.29 is 8.42 Å². The summed E-state index contributed by atoms with van der Waals surface area (Å²) in [4.78, 5) is 3.57. The summed E-state index contributed by atoms with van der Waals surface area (Å²) in [5.41, 5.74) is 0.464. The van der Waals surface area contributed by atoms with Crippen LogP contribution in [-0.2, 0) is 15.4 Å². The van der Waals surface area contributed by atoms with Crippen LogP contribution in [0.5, 0.6) is 0 Å². The molecule has 110 valence electrons. The zero-order valence-corrected chi connectivity index (χ0v) is 12.7. The molecule has 8 heteroatoms. The molecule has 2 aromatic rings. The molecule has 0 fully saturated rings. The minimum Gasteiger partial charge on any atom is -0.280 e. The number of anilines is 1. The minimum absolute atomic E-state index is 0.156. The third kappa shape index (κ3) is 3.20. The van der Waals surface area contributed by atoms with Crippen molar-refractivity contribution in [3.05, 3.63) is 35.8 Å². The van der Waals surface area contributed by atoms with Crippen LogP contribution in [0.4, 0.5) is 5.82 Å². The van der Waals surface area contributed by atoms with E-state index in [-0.39, 0.29) is 21.8 Å². The van der Waals surface area contributed by atoms with E-state index >= 15 is 0 Å². The Morgan fingerprint density at radius 1 is 1.38 bits per heavy atom. The Bertz CT molecular complexity index is 796. The Kier molecular flexibility index (Phi) is 3.70. The van der Waals surface area contributed by atoms with Crippen molar-refractivity contribution in [2.45, 2.75) is 31.1 Å². The van der Waals surface area contributed by atoms with Gasteiger partial charge >= 0.3 is 0 Å². The van der Waals surface area contributed by atoms with Crippen molar-refractivity contribution in [3.63, 3.8) is 0 Å². The van der Waals surface area contributed by atoms with Gasteiger partial charge in [0.05, 0.1) is 0 Å². The van der Waals surface area contributed by atoms with Crippen molar-refractivity contribution >= 4 is 15.8 Å². The topological polar surface area (TPSA) is 112 Å². The molecule has 0 aliphatic carbocycles. The lowest BCUT2D eigenvalue weighted by Crippen LogP contribution is -2.15. The van der Waals surface area contributed by atoms with Crippen molar-refractivity contribution in [2.75, 3.05) is 4.72 Å². The van der Waals surface area contributed by atoms with Crippen LogP contribution in [0.1, 0.15) is 32.2 Å². The van der Waals surface area contributed by atoms with E-state index in [1.165, 1.54) is 18.3 Å². The summed E-state index contributed by atoms with van der Waals surface area (Å²) in [6.45, 7) is 5.94. The fourth-order valence-corrected chi connectivity index (χ4v) is 2.74. The van der Waals surface area contributed by atoms with Crippen LogP contribution in [0.25, 0.3) is 0 Å². The van der Waals surface area contributed by atoms with Crippen molar-refractivity contribution in [1.29, 1.82) is 5.26 Å². The summed E-state index contributed by atoms with van der Waals surface area (Å²) in [5, 5.41) is 15.7. The average Bonchev–Trinajstić information content (AvgIpc) is 2.86. The van der Waals surface area contributed by atoms with E-state index in [1.54, 1.807) is 12.1 Å². The van der Waals surface area contributed by atoms with Crippen LogP contribution in [0.15, 0.2) is 29.3 Å². The predicted molar refractivity (Wildman–Crippen MR) is 77.0 cm³/mol. The number of hydrogen-bond donors (Lipinski definition) is 2. The zero-order chi connectivity index (χ0) is 15.7. The van der Waals surface area contributed by atoms with Gasteiger partial charge in [0.15, 0.2) is 11.5 Å². The highest BCUT2D eigenvalue weighted by molar-refractivity contribution is 7.92. The lowest BCUT2D eigenvalue weighted by molar-refractivity contribution is 0.567. The number of rotatable bonds is 3. The molecule has 2 rings (SSSR count). The zero-order valence-electron chi connectivity index (χ0n) is 11.9. The monoisotopic (exact) mass is 305 g/mol. The molecule has 0 spiro atoms. The Morgan fingerprint density at radius 2 is 2.10 bits per heavy atom. The summed E-state index contributed by atoms with van der Waals surface area (Å²) >= 11 is 0. The molecule has 2 aromatic heterocycles. The molecule has 2 heterocycles. The van der Waals surface area contributed by atoms with Gasteiger partial charge in [-0.05, 0) is 12.1 Å². The van der Waals surface area contributed by atoms with Gasteiger partial charge in [-0.1, -0.05) is 20.8 Å². The standard InChI is InChI=1S/C13H15N5O2S/c1-13(2,3)11-7-12(17-16-11)18-21(19,20)10-5-4-6-15-9(10)8-14/h4-7H,1-3H3,(H2,16,17,18). The highest BCUT2D eigenvalue weighted by atomic mass is 32.2. The van der Waals surface area contributed by atoms with Gasteiger partial charge in [-0.15, -0.1) is 0 Å². The summed E-state index contributed by atoms with van der Waals surface area (Å²) in [7, 11) is -3.91. The van der Waals surface area contributed by atoms with Gasteiger partial charge in [-0.2, -0.15) is 10.4 Å². The van der Waals surface area contributed by atoms with Crippen molar-refractivity contribution in [2.24, 2.45) is 0 Å². The van der Waals surface area contributed by atoms with Gasteiger partial charge in [0, 0.05) is 23.4 Å². The number of nitrogens with zero attached hydrogens (tertiary/aromatic N) is 3. The lowest BCUT2D eigenvalue weighted by atomic mass is 9.92. The number of sulfonamides is 1. The second-order valence-electron chi connectivity index (χ2n) is 5.48. The maximum atomic E-state index is 12.3. The fourth-order valence-electron chi connectivity index (χ4n) is 1.64. The van der Waals surface area contributed by atoms with Crippen LogP contribution < -0.4 is 4.72 Å². The lowest BCUT2D eigenvalue weighted by Gasteiger charge is -2.14. The first-order valence-electron chi connectivity index (χ1n) is 6.18. The number of pyridine rings is 1. The molecule has 0 aromatic carbocycles. The second-order valence-corrected chi connectivity index (χ2v) is 7.14. The summed E-state index contributed by atoms with van der Waals surface area (Å²) in [6, 6.07) is 6.17. The fraction of sp³-hybridized carbons (Fsp3) is 0.308. The summed E-state index contributed by atoms with van der Waals surface area (Å²) < 4.78 is 26.9. The Hall–Kier alpha value is -2.40. The van der Waals surface area contributed by atoms with E-state index in [0.29, 0.717) is 0 Å². The predicted octanol–water partition coefficient (Wildman–Crippen LogP) is 1.77.